The Morgan fingerprint density at radius 2 is 2.31 bits per heavy atom. The third-order valence-electron chi connectivity index (χ3n) is 1.82. The zero-order valence-electron chi connectivity index (χ0n) is 7.66. The quantitative estimate of drug-likeness (QED) is 0.781. The molecule has 72 valence electrons. The monoisotopic (exact) mass is 215 g/mol. The molecule has 0 amide bonds. The van der Waals surface area contributed by atoms with Crippen molar-refractivity contribution in [2.24, 2.45) is 5.73 Å². The molecule has 0 aliphatic rings. The summed E-state index contributed by atoms with van der Waals surface area (Å²) in [5.41, 5.74) is 5.62. The van der Waals surface area contributed by atoms with E-state index in [2.05, 4.69) is 13.0 Å². The second-order valence-electron chi connectivity index (χ2n) is 2.84. The maximum absolute atomic E-state index is 5.87. The lowest BCUT2D eigenvalue weighted by atomic mass is 10.3. The average Bonchev–Trinajstić information content (AvgIpc) is 2.14. The summed E-state index contributed by atoms with van der Waals surface area (Å²) >= 11 is 7.66. The summed E-state index contributed by atoms with van der Waals surface area (Å²) < 4.78 is 0. The largest absolute Gasteiger partial charge is 0.329 e. The number of hydrogen-bond donors (Lipinski definition) is 1. The van der Waals surface area contributed by atoms with Gasteiger partial charge in [0.15, 0.2) is 0 Å². The first kappa shape index (κ1) is 10.9. The molecule has 0 aliphatic carbocycles. The van der Waals surface area contributed by atoms with Crippen molar-refractivity contribution in [1.29, 1.82) is 0 Å². The molecule has 0 heterocycles. The molecule has 0 aliphatic heterocycles. The van der Waals surface area contributed by atoms with Crippen LogP contribution in [0, 0.1) is 0 Å². The van der Waals surface area contributed by atoms with Crippen LogP contribution in [0.25, 0.3) is 0 Å². The van der Waals surface area contributed by atoms with Gasteiger partial charge in [0.2, 0.25) is 0 Å². The van der Waals surface area contributed by atoms with Crippen molar-refractivity contribution in [2.45, 2.75) is 23.5 Å². The SMILES string of the molecule is CCC(CN)Sc1cccc(Cl)c1. The summed E-state index contributed by atoms with van der Waals surface area (Å²) in [6, 6.07) is 7.89. The second-order valence-corrected chi connectivity index (χ2v) is 4.65. The summed E-state index contributed by atoms with van der Waals surface area (Å²) in [7, 11) is 0. The summed E-state index contributed by atoms with van der Waals surface area (Å²) in [6.07, 6.45) is 1.09. The van der Waals surface area contributed by atoms with Crippen LogP contribution in [0.1, 0.15) is 13.3 Å². The van der Waals surface area contributed by atoms with Gasteiger partial charge in [0, 0.05) is 21.7 Å². The first-order chi connectivity index (χ1) is 6.26. The molecular weight excluding hydrogens is 202 g/mol. The number of thioether (sulfide) groups is 1. The van der Waals surface area contributed by atoms with E-state index in [1.807, 2.05) is 18.2 Å². The van der Waals surface area contributed by atoms with Crippen molar-refractivity contribution in [2.75, 3.05) is 6.54 Å². The van der Waals surface area contributed by atoms with E-state index in [1.165, 1.54) is 4.90 Å². The van der Waals surface area contributed by atoms with Crippen molar-refractivity contribution in [3.63, 3.8) is 0 Å². The van der Waals surface area contributed by atoms with Gasteiger partial charge in [0.05, 0.1) is 0 Å². The molecule has 0 radical (unpaired) electrons. The Kier molecular flexibility index (Phi) is 4.64. The van der Waals surface area contributed by atoms with Crippen LogP contribution in [0.2, 0.25) is 5.02 Å². The molecule has 0 bridgehead atoms. The predicted octanol–water partition coefficient (Wildman–Crippen LogP) is 3.17. The fraction of sp³-hybridized carbons (Fsp3) is 0.400. The first-order valence-corrected chi connectivity index (χ1v) is 5.64. The summed E-state index contributed by atoms with van der Waals surface area (Å²) in [6.45, 7) is 2.86. The van der Waals surface area contributed by atoms with E-state index in [9.17, 15) is 0 Å². The molecule has 1 unspecified atom stereocenters. The summed E-state index contributed by atoms with van der Waals surface area (Å²) in [4.78, 5) is 1.20. The molecule has 0 saturated heterocycles. The number of rotatable bonds is 4. The minimum absolute atomic E-state index is 0.499. The van der Waals surface area contributed by atoms with Gasteiger partial charge in [-0.1, -0.05) is 24.6 Å². The lowest BCUT2D eigenvalue weighted by Crippen LogP contribution is -2.15. The molecule has 0 fully saturated rings. The normalized spacial score (nSPS) is 12.8. The van der Waals surface area contributed by atoms with Crippen molar-refractivity contribution in [3.8, 4) is 0 Å². The molecule has 1 atom stereocenters. The van der Waals surface area contributed by atoms with Gasteiger partial charge >= 0.3 is 0 Å². The molecular formula is C10H14ClNS. The number of nitrogens with two attached hydrogens (primary N) is 1. The number of halogens is 1. The van der Waals surface area contributed by atoms with Gasteiger partial charge in [-0.25, -0.2) is 0 Å². The van der Waals surface area contributed by atoms with Gasteiger partial charge in [0.1, 0.15) is 0 Å². The van der Waals surface area contributed by atoms with E-state index in [0.717, 1.165) is 11.4 Å². The number of benzene rings is 1. The third kappa shape index (κ3) is 3.59. The Morgan fingerprint density at radius 3 is 2.85 bits per heavy atom. The minimum atomic E-state index is 0.499. The molecule has 1 rings (SSSR count). The van der Waals surface area contributed by atoms with Gasteiger partial charge in [-0.3, -0.25) is 0 Å². The number of hydrogen-bond acceptors (Lipinski definition) is 2. The molecule has 0 saturated carbocycles. The van der Waals surface area contributed by atoms with Gasteiger partial charge in [-0.05, 0) is 24.6 Å². The fourth-order valence-corrected chi connectivity index (χ4v) is 2.29. The lowest BCUT2D eigenvalue weighted by Gasteiger charge is -2.11. The van der Waals surface area contributed by atoms with Crippen molar-refractivity contribution < 1.29 is 0 Å². The molecule has 2 N–H and O–H groups in total. The Bertz CT molecular complexity index is 261. The van der Waals surface area contributed by atoms with Crippen LogP contribution >= 0.6 is 23.4 Å². The lowest BCUT2D eigenvalue weighted by molar-refractivity contribution is 0.827. The Morgan fingerprint density at radius 1 is 1.54 bits per heavy atom. The Hall–Kier alpha value is -0.180. The molecule has 13 heavy (non-hydrogen) atoms. The van der Waals surface area contributed by atoms with E-state index in [-0.39, 0.29) is 0 Å². The van der Waals surface area contributed by atoms with Crippen LogP contribution in [-0.2, 0) is 0 Å². The van der Waals surface area contributed by atoms with Crippen LogP contribution in [0.4, 0.5) is 0 Å². The van der Waals surface area contributed by atoms with Crippen LogP contribution in [0.5, 0.6) is 0 Å². The maximum atomic E-state index is 5.87. The van der Waals surface area contributed by atoms with Crippen LogP contribution < -0.4 is 5.73 Å². The highest BCUT2D eigenvalue weighted by Gasteiger charge is 2.05. The Balaban J connectivity index is 2.62. The van der Waals surface area contributed by atoms with Gasteiger partial charge < -0.3 is 5.73 Å². The highest BCUT2D eigenvalue weighted by atomic mass is 35.5. The maximum Gasteiger partial charge on any atom is 0.0417 e. The first-order valence-electron chi connectivity index (χ1n) is 4.38. The molecule has 0 spiro atoms. The molecule has 1 aromatic rings. The van der Waals surface area contributed by atoms with Crippen molar-refractivity contribution >= 4 is 23.4 Å². The van der Waals surface area contributed by atoms with Crippen LogP contribution in [0.15, 0.2) is 29.2 Å². The topological polar surface area (TPSA) is 26.0 Å². The highest BCUT2D eigenvalue weighted by Crippen LogP contribution is 2.26. The van der Waals surface area contributed by atoms with E-state index in [1.54, 1.807) is 11.8 Å². The third-order valence-corrected chi connectivity index (χ3v) is 3.44. The fourth-order valence-electron chi connectivity index (χ4n) is 1.03. The van der Waals surface area contributed by atoms with E-state index >= 15 is 0 Å². The van der Waals surface area contributed by atoms with Crippen LogP contribution in [-0.4, -0.2) is 11.8 Å². The molecule has 3 heteroatoms. The summed E-state index contributed by atoms with van der Waals surface area (Å²) in [5.74, 6) is 0. The second kappa shape index (κ2) is 5.53. The molecule has 1 nitrogen and oxygen atoms in total. The van der Waals surface area contributed by atoms with Gasteiger partial charge in [-0.15, -0.1) is 11.8 Å². The standard InChI is InChI=1S/C10H14ClNS/c1-2-9(7-12)13-10-5-3-4-8(11)6-10/h3-6,9H,2,7,12H2,1H3. The van der Waals surface area contributed by atoms with Crippen molar-refractivity contribution in [3.05, 3.63) is 29.3 Å². The highest BCUT2D eigenvalue weighted by molar-refractivity contribution is 8.00. The summed E-state index contributed by atoms with van der Waals surface area (Å²) in [5, 5.41) is 1.29. The van der Waals surface area contributed by atoms with Gasteiger partial charge in [0.25, 0.3) is 0 Å². The molecule has 0 aromatic heterocycles. The Labute approximate surface area is 88.7 Å². The minimum Gasteiger partial charge on any atom is -0.329 e. The molecule has 1 aromatic carbocycles. The zero-order chi connectivity index (χ0) is 9.68. The predicted molar refractivity (Wildman–Crippen MR) is 60.4 cm³/mol. The zero-order valence-corrected chi connectivity index (χ0v) is 9.24. The van der Waals surface area contributed by atoms with Crippen molar-refractivity contribution in [1.82, 2.24) is 0 Å². The van der Waals surface area contributed by atoms with E-state index in [0.29, 0.717) is 11.8 Å². The van der Waals surface area contributed by atoms with Crippen LogP contribution in [0.3, 0.4) is 0 Å². The smallest absolute Gasteiger partial charge is 0.0417 e. The van der Waals surface area contributed by atoms with E-state index in [4.69, 9.17) is 17.3 Å². The van der Waals surface area contributed by atoms with Gasteiger partial charge in [-0.2, -0.15) is 0 Å². The van der Waals surface area contributed by atoms with E-state index < -0.39 is 0 Å². The average molecular weight is 216 g/mol.